The highest BCUT2D eigenvalue weighted by atomic mass is 16.2. The van der Waals surface area contributed by atoms with Gasteiger partial charge in [0.1, 0.15) is 0 Å². The fourth-order valence-electron chi connectivity index (χ4n) is 3.74. The van der Waals surface area contributed by atoms with Gasteiger partial charge in [-0.15, -0.1) is 0 Å². The zero-order valence-corrected chi connectivity index (χ0v) is 13.5. The van der Waals surface area contributed by atoms with Gasteiger partial charge >= 0.3 is 0 Å². The van der Waals surface area contributed by atoms with Crippen LogP contribution in [-0.2, 0) is 13.1 Å². The number of aryl methyl sites for hydroxylation is 1. The minimum atomic E-state index is 0.0610. The normalized spacial score (nSPS) is 20.9. The average Bonchev–Trinajstić information content (AvgIpc) is 3.19. The van der Waals surface area contributed by atoms with E-state index in [1.54, 1.807) is 10.9 Å². The maximum Gasteiger partial charge on any atom is 0.261 e. The molecule has 0 N–H and O–H groups in total. The van der Waals surface area contributed by atoms with Crippen molar-refractivity contribution in [1.29, 1.82) is 0 Å². The van der Waals surface area contributed by atoms with E-state index in [1.807, 2.05) is 24.1 Å². The first-order valence-electron chi connectivity index (χ1n) is 8.42. The number of hydrogen-bond acceptors (Lipinski definition) is 3. The number of carbonyl (C=O) groups is 1. The van der Waals surface area contributed by atoms with Crippen LogP contribution in [-0.4, -0.2) is 39.7 Å². The lowest BCUT2D eigenvalue weighted by Crippen LogP contribution is -2.40. The van der Waals surface area contributed by atoms with Crippen LogP contribution in [0.1, 0.15) is 35.7 Å². The van der Waals surface area contributed by atoms with E-state index in [0.717, 1.165) is 31.9 Å². The molecule has 1 saturated heterocycles. The number of anilines is 1. The lowest BCUT2D eigenvalue weighted by Gasteiger charge is -2.26. The van der Waals surface area contributed by atoms with Crippen molar-refractivity contribution < 1.29 is 4.79 Å². The minimum Gasteiger partial charge on any atom is -0.306 e. The van der Waals surface area contributed by atoms with Crippen LogP contribution in [0.2, 0.25) is 0 Å². The molecule has 1 aromatic heterocycles. The molecule has 0 aliphatic carbocycles. The Balaban J connectivity index is 1.72. The molecule has 0 radical (unpaired) electrons. The van der Waals surface area contributed by atoms with Crippen molar-refractivity contribution in [3.8, 4) is 0 Å². The zero-order valence-electron chi connectivity index (χ0n) is 13.5. The number of para-hydroxylation sites is 1. The van der Waals surface area contributed by atoms with Crippen molar-refractivity contribution in [2.24, 2.45) is 0 Å². The molecule has 2 aromatic rings. The Morgan fingerprint density at radius 1 is 1.35 bits per heavy atom. The summed E-state index contributed by atoms with van der Waals surface area (Å²) in [5, 5.41) is 4.26. The van der Waals surface area contributed by atoms with Crippen LogP contribution in [0.4, 0.5) is 5.69 Å². The molecule has 23 heavy (non-hydrogen) atoms. The molecule has 4 rings (SSSR count). The summed E-state index contributed by atoms with van der Waals surface area (Å²) in [4.78, 5) is 17.6. The summed E-state index contributed by atoms with van der Waals surface area (Å²) >= 11 is 0. The predicted octanol–water partition coefficient (Wildman–Crippen LogP) is 2.53. The van der Waals surface area contributed by atoms with Crippen molar-refractivity contribution in [1.82, 2.24) is 14.7 Å². The van der Waals surface area contributed by atoms with E-state index in [0.29, 0.717) is 11.6 Å². The molecule has 0 bridgehead atoms. The number of amides is 1. The Bertz CT molecular complexity index is 723. The summed E-state index contributed by atoms with van der Waals surface area (Å²) in [7, 11) is 0. The number of nitrogens with zero attached hydrogens (tertiary/aromatic N) is 4. The standard InChI is InChI=1S/C18H22N4O/c1-2-21-12-15(10-19-21)18(23)22-13-16-7-5-9-20(16)11-14-6-3-4-8-17(14)22/h3-4,6,8,10,12,16H,2,5,7,9,11,13H2,1H3. The van der Waals surface area contributed by atoms with Gasteiger partial charge in [-0.2, -0.15) is 5.10 Å². The molecule has 1 atom stereocenters. The average molecular weight is 310 g/mol. The quantitative estimate of drug-likeness (QED) is 0.856. The third-order valence-electron chi connectivity index (χ3n) is 5.00. The number of hydrogen-bond donors (Lipinski definition) is 0. The molecule has 1 unspecified atom stereocenters. The maximum absolute atomic E-state index is 13.1. The largest absolute Gasteiger partial charge is 0.306 e. The molecule has 1 amide bonds. The van der Waals surface area contributed by atoms with Crippen LogP contribution in [0.5, 0.6) is 0 Å². The molecular weight excluding hydrogens is 288 g/mol. The Kier molecular flexibility index (Phi) is 3.65. The first-order valence-corrected chi connectivity index (χ1v) is 8.42. The third-order valence-corrected chi connectivity index (χ3v) is 5.00. The number of carbonyl (C=O) groups excluding carboxylic acids is 1. The second kappa shape index (κ2) is 5.81. The predicted molar refractivity (Wildman–Crippen MR) is 89.5 cm³/mol. The maximum atomic E-state index is 13.1. The summed E-state index contributed by atoms with van der Waals surface area (Å²) in [6, 6.07) is 8.76. The Morgan fingerprint density at radius 2 is 2.22 bits per heavy atom. The summed E-state index contributed by atoms with van der Waals surface area (Å²) in [5.74, 6) is 0.0610. The molecule has 2 aliphatic rings. The minimum absolute atomic E-state index is 0.0610. The molecule has 2 aliphatic heterocycles. The first kappa shape index (κ1) is 14.5. The monoisotopic (exact) mass is 310 g/mol. The van der Waals surface area contributed by atoms with Crippen LogP contribution >= 0.6 is 0 Å². The highest BCUT2D eigenvalue weighted by Gasteiger charge is 2.33. The molecule has 5 nitrogen and oxygen atoms in total. The van der Waals surface area contributed by atoms with Crippen molar-refractivity contribution in [2.75, 3.05) is 18.0 Å². The Morgan fingerprint density at radius 3 is 3.04 bits per heavy atom. The van der Waals surface area contributed by atoms with Gasteiger partial charge in [0.15, 0.2) is 0 Å². The van der Waals surface area contributed by atoms with Gasteiger partial charge in [-0.3, -0.25) is 14.4 Å². The molecule has 1 fully saturated rings. The van der Waals surface area contributed by atoms with E-state index in [4.69, 9.17) is 0 Å². The first-order chi connectivity index (χ1) is 11.3. The van der Waals surface area contributed by atoms with Gasteiger partial charge in [-0.25, -0.2) is 0 Å². The number of fused-ring (bicyclic) bond motifs is 2. The van der Waals surface area contributed by atoms with Gasteiger partial charge in [0.2, 0.25) is 0 Å². The van der Waals surface area contributed by atoms with Gasteiger partial charge in [-0.1, -0.05) is 18.2 Å². The van der Waals surface area contributed by atoms with Crippen LogP contribution in [0, 0.1) is 0 Å². The van der Waals surface area contributed by atoms with E-state index >= 15 is 0 Å². The van der Waals surface area contributed by atoms with Crippen molar-refractivity contribution >= 4 is 11.6 Å². The van der Waals surface area contributed by atoms with Gasteiger partial charge < -0.3 is 4.90 Å². The number of aromatic nitrogens is 2. The number of benzene rings is 1. The van der Waals surface area contributed by atoms with E-state index in [9.17, 15) is 4.79 Å². The molecule has 120 valence electrons. The Labute approximate surface area is 136 Å². The van der Waals surface area contributed by atoms with E-state index in [-0.39, 0.29) is 5.91 Å². The topological polar surface area (TPSA) is 41.4 Å². The third kappa shape index (κ3) is 2.55. The van der Waals surface area contributed by atoms with Gasteiger partial charge in [0.25, 0.3) is 5.91 Å². The second-order valence-electron chi connectivity index (χ2n) is 6.40. The zero-order chi connectivity index (χ0) is 15.8. The van der Waals surface area contributed by atoms with Crippen molar-refractivity contribution in [3.63, 3.8) is 0 Å². The highest BCUT2D eigenvalue weighted by Crippen LogP contribution is 2.32. The van der Waals surface area contributed by atoms with E-state index in [1.165, 1.54) is 18.4 Å². The fourth-order valence-corrected chi connectivity index (χ4v) is 3.74. The summed E-state index contributed by atoms with van der Waals surface area (Å²) < 4.78 is 1.80. The molecule has 3 heterocycles. The lowest BCUT2D eigenvalue weighted by atomic mass is 10.1. The van der Waals surface area contributed by atoms with Gasteiger partial charge in [-0.05, 0) is 37.9 Å². The van der Waals surface area contributed by atoms with Gasteiger partial charge in [0.05, 0.1) is 11.8 Å². The lowest BCUT2D eigenvalue weighted by molar-refractivity contribution is 0.0981. The van der Waals surface area contributed by atoms with Crippen LogP contribution in [0.3, 0.4) is 0 Å². The summed E-state index contributed by atoms with van der Waals surface area (Å²) in [5.41, 5.74) is 2.97. The van der Waals surface area contributed by atoms with Crippen molar-refractivity contribution in [3.05, 3.63) is 47.8 Å². The van der Waals surface area contributed by atoms with Gasteiger partial charge in [0, 0.05) is 37.6 Å². The highest BCUT2D eigenvalue weighted by molar-refractivity contribution is 6.06. The molecule has 0 spiro atoms. The second-order valence-corrected chi connectivity index (χ2v) is 6.40. The molecule has 0 saturated carbocycles. The van der Waals surface area contributed by atoms with E-state index in [2.05, 4.69) is 28.2 Å². The van der Waals surface area contributed by atoms with E-state index < -0.39 is 0 Å². The molecule has 1 aromatic carbocycles. The SMILES string of the molecule is CCn1cc(C(=O)N2CC3CCCN3Cc3ccccc32)cn1. The van der Waals surface area contributed by atoms with Crippen LogP contribution in [0.25, 0.3) is 0 Å². The van der Waals surface area contributed by atoms with Crippen LogP contribution < -0.4 is 4.90 Å². The number of rotatable bonds is 2. The summed E-state index contributed by atoms with van der Waals surface area (Å²) in [6.07, 6.45) is 5.93. The smallest absolute Gasteiger partial charge is 0.261 e. The summed E-state index contributed by atoms with van der Waals surface area (Å²) in [6.45, 7) is 5.65. The van der Waals surface area contributed by atoms with Crippen LogP contribution in [0.15, 0.2) is 36.7 Å². The fraction of sp³-hybridized carbons (Fsp3) is 0.444. The Hall–Kier alpha value is -2.14. The van der Waals surface area contributed by atoms with Crippen molar-refractivity contribution in [2.45, 2.75) is 38.9 Å². The molecular formula is C18H22N4O. The molecule has 5 heteroatoms.